The summed E-state index contributed by atoms with van der Waals surface area (Å²) in [5.41, 5.74) is 0. The van der Waals surface area contributed by atoms with Crippen molar-refractivity contribution in [3.63, 3.8) is 0 Å². The molecule has 0 N–H and O–H groups in total. The second kappa shape index (κ2) is 8.45. The fraction of sp³-hybridized carbons (Fsp3) is 0.538. The third kappa shape index (κ3) is 13.1. The van der Waals surface area contributed by atoms with Gasteiger partial charge >= 0.3 is 0 Å². The highest BCUT2D eigenvalue weighted by molar-refractivity contribution is 4.96. The van der Waals surface area contributed by atoms with E-state index >= 15 is 0 Å². The standard InChI is InChI=1S/C13H23NO/c1-4-5-6-7-8-9-10-11-12-13-14(2,3)15/h5-6,8-9,11-12H,4,7,10,13H2,1-3H3/b6-5-,9-8-,12-11-. The van der Waals surface area contributed by atoms with E-state index in [-0.39, 0.29) is 4.65 Å². The molecule has 0 radical (unpaired) electrons. The van der Waals surface area contributed by atoms with E-state index in [0.717, 1.165) is 19.3 Å². The molecule has 0 saturated carbocycles. The summed E-state index contributed by atoms with van der Waals surface area (Å²) >= 11 is 0. The smallest absolute Gasteiger partial charge is 0.0967 e. The van der Waals surface area contributed by atoms with Gasteiger partial charge in [-0.2, -0.15) is 0 Å². The van der Waals surface area contributed by atoms with Crippen LogP contribution in [0.15, 0.2) is 36.5 Å². The van der Waals surface area contributed by atoms with E-state index in [0.29, 0.717) is 6.54 Å². The molecule has 15 heavy (non-hydrogen) atoms. The topological polar surface area (TPSA) is 23.1 Å². The number of rotatable bonds is 7. The summed E-state index contributed by atoms with van der Waals surface area (Å²) in [4.78, 5) is 0. The van der Waals surface area contributed by atoms with Crippen LogP contribution in [-0.2, 0) is 0 Å². The van der Waals surface area contributed by atoms with Crippen molar-refractivity contribution in [2.45, 2.75) is 26.2 Å². The molecule has 2 nitrogen and oxygen atoms in total. The van der Waals surface area contributed by atoms with Gasteiger partial charge in [-0.15, -0.1) is 0 Å². The first kappa shape index (κ1) is 14.1. The second-order valence-electron chi connectivity index (χ2n) is 4.05. The van der Waals surface area contributed by atoms with E-state index in [1.807, 2.05) is 12.2 Å². The highest BCUT2D eigenvalue weighted by Gasteiger charge is 1.94. The number of nitrogens with zero attached hydrogens (tertiary/aromatic N) is 1. The first-order chi connectivity index (χ1) is 7.06. The van der Waals surface area contributed by atoms with Gasteiger partial charge in [0.15, 0.2) is 0 Å². The van der Waals surface area contributed by atoms with Crippen LogP contribution >= 0.6 is 0 Å². The van der Waals surface area contributed by atoms with Crippen LogP contribution in [0.3, 0.4) is 0 Å². The van der Waals surface area contributed by atoms with Crippen LogP contribution in [0.4, 0.5) is 0 Å². The summed E-state index contributed by atoms with van der Waals surface area (Å²) in [5.74, 6) is 0. The molecular formula is C13H23NO. The van der Waals surface area contributed by atoms with Gasteiger partial charge in [0.1, 0.15) is 0 Å². The molecular weight excluding hydrogens is 186 g/mol. The Kier molecular flexibility index (Phi) is 7.96. The average Bonchev–Trinajstić information content (AvgIpc) is 2.14. The van der Waals surface area contributed by atoms with Crippen molar-refractivity contribution in [1.29, 1.82) is 0 Å². The van der Waals surface area contributed by atoms with Gasteiger partial charge in [0.05, 0.1) is 20.6 Å². The summed E-state index contributed by atoms with van der Waals surface area (Å²) in [6.07, 6.45) is 15.6. The predicted molar refractivity (Wildman–Crippen MR) is 67.3 cm³/mol. The van der Waals surface area contributed by atoms with Crippen LogP contribution < -0.4 is 0 Å². The van der Waals surface area contributed by atoms with Gasteiger partial charge in [-0.1, -0.05) is 37.3 Å². The Bertz CT molecular complexity index is 221. The van der Waals surface area contributed by atoms with Crippen molar-refractivity contribution < 1.29 is 4.65 Å². The van der Waals surface area contributed by atoms with Crippen molar-refractivity contribution in [3.05, 3.63) is 41.7 Å². The zero-order valence-electron chi connectivity index (χ0n) is 10.1. The van der Waals surface area contributed by atoms with Crippen molar-refractivity contribution in [1.82, 2.24) is 0 Å². The first-order valence-corrected chi connectivity index (χ1v) is 5.55. The van der Waals surface area contributed by atoms with E-state index in [4.69, 9.17) is 0 Å². The minimum absolute atomic E-state index is 0.251. The van der Waals surface area contributed by atoms with Crippen molar-refractivity contribution in [2.24, 2.45) is 0 Å². The molecule has 0 aromatic heterocycles. The molecule has 86 valence electrons. The van der Waals surface area contributed by atoms with Gasteiger partial charge in [0.25, 0.3) is 0 Å². The third-order valence-electron chi connectivity index (χ3n) is 1.83. The van der Waals surface area contributed by atoms with Crippen molar-refractivity contribution in [2.75, 3.05) is 20.6 Å². The Hall–Kier alpha value is -0.860. The highest BCUT2D eigenvalue weighted by Crippen LogP contribution is 1.95. The number of quaternary nitrogens is 1. The highest BCUT2D eigenvalue weighted by atomic mass is 16.5. The van der Waals surface area contributed by atoms with E-state index in [1.54, 1.807) is 14.1 Å². The van der Waals surface area contributed by atoms with Crippen molar-refractivity contribution in [3.8, 4) is 0 Å². The Labute approximate surface area is 93.8 Å². The largest absolute Gasteiger partial charge is 0.633 e. The van der Waals surface area contributed by atoms with E-state index in [2.05, 4.69) is 31.2 Å². The Morgan fingerprint density at radius 1 is 0.867 bits per heavy atom. The molecule has 0 spiro atoms. The van der Waals surface area contributed by atoms with Crippen molar-refractivity contribution >= 4 is 0 Å². The number of hydroxylamine groups is 3. The molecule has 0 aliphatic heterocycles. The molecule has 0 amide bonds. The summed E-state index contributed by atoms with van der Waals surface area (Å²) in [6.45, 7) is 2.68. The van der Waals surface area contributed by atoms with Crippen LogP contribution in [-0.4, -0.2) is 25.3 Å². The maximum absolute atomic E-state index is 11.2. The van der Waals surface area contributed by atoms with E-state index < -0.39 is 0 Å². The Morgan fingerprint density at radius 2 is 1.33 bits per heavy atom. The zero-order chi connectivity index (χ0) is 11.6. The van der Waals surface area contributed by atoms with E-state index in [1.165, 1.54) is 0 Å². The summed E-state index contributed by atoms with van der Waals surface area (Å²) in [5, 5.41) is 11.2. The van der Waals surface area contributed by atoms with Gasteiger partial charge in [0.2, 0.25) is 0 Å². The minimum Gasteiger partial charge on any atom is -0.633 e. The van der Waals surface area contributed by atoms with Gasteiger partial charge in [0, 0.05) is 0 Å². The Balaban J connectivity index is 3.48. The first-order valence-electron chi connectivity index (χ1n) is 5.55. The molecule has 0 rings (SSSR count). The molecule has 0 aromatic carbocycles. The molecule has 0 saturated heterocycles. The molecule has 0 aliphatic rings. The number of allylic oxidation sites excluding steroid dienone is 5. The van der Waals surface area contributed by atoms with Gasteiger partial charge in [-0.25, -0.2) is 0 Å². The lowest BCUT2D eigenvalue weighted by Gasteiger charge is -2.32. The fourth-order valence-electron chi connectivity index (χ4n) is 1.04. The molecule has 0 heterocycles. The third-order valence-corrected chi connectivity index (χ3v) is 1.83. The molecule has 0 atom stereocenters. The summed E-state index contributed by atoms with van der Waals surface area (Å²) in [7, 11) is 3.30. The zero-order valence-corrected chi connectivity index (χ0v) is 10.1. The monoisotopic (exact) mass is 209 g/mol. The minimum atomic E-state index is -0.251. The van der Waals surface area contributed by atoms with Gasteiger partial charge in [-0.05, 0) is 25.3 Å². The lowest BCUT2D eigenvalue weighted by Crippen LogP contribution is -2.31. The average molecular weight is 209 g/mol. The molecule has 0 unspecified atom stereocenters. The predicted octanol–water partition coefficient (Wildman–Crippen LogP) is 3.42. The molecule has 0 bridgehead atoms. The SMILES string of the molecule is CC/C=C\C/C=C\C/C=C\C[N+](C)(C)[O-]. The molecule has 2 heteroatoms. The lowest BCUT2D eigenvalue weighted by molar-refractivity contribution is -0.833. The molecule has 0 fully saturated rings. The fourth-order valence-corrected chi connectivity index (χ4v) is 1.04. The maximum atomic E-state index is 11.2. The Morgan fingerprint density at radius 3 is 1.80 bits per heavy atom. The summed E-state index contributed by atoms with van der Waals surface area (Å²) in [6, 6.07) is 0. The summed E-state index contributed by atoms with van der Waals surface area (Å²) < 4.78 is -0.251. The van der Waals surface area contributed by atoms with Crippen LogP contribution in [0.25, 0.3) is 0 Å². The van der Waals surface area contributed by atoms with Crippen LogP contribution in [0.5, 0.6) is 0 Å². The normalized spacial score (nSPS) is 13.6. The molecule has 0 aromatic rings. The quantitative estimate of drug-likeness (QED) is 0.358. The second-order valence-corrected chi connectivity index (χ2v) is 4.05. The van der Waals surface area contributed by atoms with Gasteiger partial charge in [-0.3, -0.25) is 0 Å². The van der Waals surface area contributed by atoms with Crippen LogP contribution in [0, 0.1) is 5.21 Å². The number of hydrogen-bond acceptors (Lipinski definition) is 1. The van der Waals surface area contributed by atoms with Gasteiger partial charge < -0.3 is 9.85 Å². The number of likely N-dealkylation sites (N-methyl/N-ethyl adjacent to an activating group) is 1. The van der Waals surface area contributed by atoms with Crippen LogP contribution in [0.2, 0.25) is 0 Å². The number of hydrogen-bond donors (Lipinski definition) is 0. The maximum Gasteiger partial charge on any atom is 0.0967 e. The lowest BCUT2D eigenvalue weighted by atomic mass is 10.3. The molecule has 0 aliphatic carbocycles. The van der Waals surface area contributed by atoms with E-state index in [9.17, 15) is 5.21 Å². The van der Waals surface area contributed by atoms with Crippen LogP contribution in [0.1, 0.15) is 26.2 Å².